The van der Waals surface area contributed by atoms with Gasteiger partial charge in [0.15, 0.2) is 5.50 Å². The van der Waals surface area contributed by atoms with Crippen LogP contribution in [-0.4, -0.2) is 49.6 Å². The van der Waals surface area contributed by atoms with Crippen molar-refractivity contribution in [1.29, 1.82) is 0 Å². The fraction of sp³-hybridized carbons (Fsp3) is 0.412. The average molecular weight is 511 g/mol. The van der Waals surface area contributed by atoms with Gasteiger partial charge in [-0.3, -0.25) is 4.90 Å². The van der Waals surface area contributed by atoms with Gasteiger partial charge in [0, 0.05) is 13.1 Å². The van der Waals surface area contributed by atoms with Crippen LogP contribution in [0.1, 0.15) is 17.5 Å². The van der Waals surface area contributed by atoms with Crippen LogP contribution in [0.2, 0.25) is 0 Å². The molecule has 2 aliphatic heterocycles. The molecule has 1 aromatic rings. The fourth-order valence-corrected chi connectivity index (χ4v) is 4.95. The van der Waals surface area contributed by atoms with E-state index in [2.05, 4.69) is 32.5 Å². The molecule has 146 valence electrons. The summed E-state index contributed by atoms with van der Waals surface area (Å²) >= 11 is 3.69. The van der Waals surface area contributed by atoms with Gasteiger partial charge in [0.2, 0.25) is 0 Å². The number of nitrogens with zero attached hydrogens (tertiary/aromatic N) is 3. The van der Waals surface area contributed by atoms with E-state index in [1.807, 2.05) is 6.26 Å². The van der Waals surface area contributed by atoms with E-state index in [0.29, 0.717) is 31.6 Å². The first-order chi connectivity index (χ1) is 12.7. The Hall–Kier alpha value is -1.43. The number of aliphatic imine (C=N–C) groups is 1. The third-order valence-electron chi connectivity index (χ3n) is 4.51. The highest BCUT2D eigenvalue weighted by molar-refractivity contribution is 14.1. The summed E-state index contributed by atoms with van der Waals surface area (Å²) in [7, 11) is 0. The Kier molecular flexibility index (Phi) is 5.94. The van der Waals surface area contributed by atoms with E-state index in [1.165, 1.54) is 17.0 Å². The third-order valence-corrected chi connectivity index (χ3v) is 6.08. The maximum Gasteiger partial charge on any atom is 0.416 e. The van der Waals surface area contributed by atoms with Crippen molar-refractivity contribution in [3.63, 3.8) is 0 Å². The first-order valence-electron chi connectivity index (χ1n) is 8.15. The van der Waals surface area contributed by atoms with E-state index < -0.39 is 17.8 Å². The predicted molar refractivity (Wildman–Crippen MR) is 107 cm³/mol. The molecule has 0 aromatic heterocycles. The molecule has 2 aliphatic rings. The number of halogens is 4. The van der Waals surface area contributed by atoms with Gasteiger partial charge in [-0.25, -0.2) is 9.79 Å². The van der Waals surface area contributed by atoms with Crippen molar-refractivity contribution in [1.82, 2.24) is 9.80 Å². The molecule has 10 heteroatoms. The number of alkyl halides is 3. The van der Waals surface area contributed by atoms with Gasteiger partial charge in [-0.05, 0) is 59.4 Å². The molecular formula is C17H17F3IN3O2S. The number of fused-ring (bicyclic) bond motifs is 1. The Bertz CT molecular complexity index is 796. The summed E-state index contributed by atoms with van der Waals surface area (Å²) in [5.74, 6) is 0. The minimum Gasteiger partial charge on any atom is -0.465 e. The second-order valence-corrected chi connectivity index (χ2v) is 8.01. The summed E-state index contributed by atoms with van der Waals surface area (Å²) in [6.45, 7) is 0.907. The largest absolute Gasteiger partial charge is 0.465 e. The number of benzene rings is 1. The molecule has 1 unspecified atom stereocenters. The molecule has 1 atom stereocenters. The second-order valence-electron chi connectivity index (χ2n) is 6.10. The van der Waals surface area contributed by atoms with E-state index in [1.54, 1.807) is 11.8 Å². The fourth-order valence-electron chi connectivity index (χ4n) is 3.20. The number of rotatable bonds is 4. The third kappa shape index (κ3) is 4.20. The molecule has 0 spiro atoms. The van der Waals surface area contributed by atoms with Crippen molar-refractivity contribution in [3.05, 3.63) is 46.8 Å². The van der Waals surface area contributed by atoms with Gasteiger partial charge in [-0.15, -0.1) is 11.8 Å². The van der Waals surface area contributed by atoms with E-state index in [0.717, 1.165) is 27.1 Å². The molecule has 27 heavy (non-hydrogen) atoms. The Labute approximate surface area is 172 Å². The molecule has 0 saturated heterocycles. The number of hydrogen-bond donors (Lipinski definition) is 1. The lowest BCUT2D eigenvalue weighted by atomic mass is 10.0. The Morgan fingerprint density at radius 3 is 2.52 bits per heavy atom. The molecule has 1 N–H and O–H groups in total. The zero-order chi connectivity index (χ0) is 19.8. The Balaban J connectivity index is 1.84. The van der Waals surface area contributed by atoms with E-state index in [4.69, 9.17) is 0 Å². The van der Waals surface area contributed by atoms with Gasteiger partial charge in [0.05, 0.1) is 17.0 Å². The van der Waals surface area contributed by atoms with E-state index in [9.17, 15) is 23.1 Å². The number of amides is 1. The van der Waals surface area contributed by atoms with Crippen molar-refractivity contribution in [2.24, 2.45) is 4.99 Å². The van der Waals surface area contributed by atoms with Crippen LogP contribution in [0, 0.1) is 0 Å². The second kappa shape index (κ2) is 7.90. The van der Waals surface area contributed by atoms with Crippen molar-refractivity contribution < 1.29 is 23.1 Å². The summed E-state index contributed by atoms with van der Waals surface area (Å²) < 4.78 is 38.9. The number of aryl methyl sites for hydroxylation is 1. The van der Waals surface area contributed by atoms with Crippen LogP contribution < -0.4 is 0 Å². The minimum absolute atomic E-state index is 0.0658. The molecule has 0 radical (unpaired) electrons. The number of carboxylic acid groups (broad SMARTS) is 1. The maximum atomic E-state index is 12.7. The van der Waals surface area contributed by atoms with Gasteiger partial charge < -0.3 is 10.0 Å². The van der Waals surface area contributed by atoms with Crippen molar-refractivity contribution in [3.8, 4) is 0 Å². The van der Waals surface area contributed by atoms with Crippen molar-refractivity contribution >= 4 is 44.2 Å². The number of allylic oxidation sites excluding steroid dienone is 2. The molecule has 1 amide bonds. The lowest BCUT2D eigenvalue weighted by molar-refractivity contribution is -0.137. The van der Waals surface area contributed by atoms with E-state index in [-0.39, 0.29) is 5.50 Å². The first kappa shape index (κ1) is 20.3. The molecule has 5 nitrogen and oxygen atoms in total. The maximum absolute atomic E-state index is 12.7. The van der Waals surface area contributed by atoms with Crippen LogP contribution >= 0.6 is 34.4 Å². The average Bonchev–Trinajstić information content (AvgIpc) is 2.95. The molecule has 0 saturated carbocycles. The number of carbonyl (C=O) groups is 1. The normalized spacial score (nSPS) is 20.0. The Morgan fingerprint density at radius 2 is 1.96 bits per heavy atom. The SMILES string of the molecule is CSC1N=C(I)C2=C(CCc3ccc(C(F)(F)F)cc3)N(C(=O)O)CCN21. The van der Waals surface area contributed by atoms with Crippen LogP contribution in [-0.2, 0) is 12.6 Å². The lowest BCUT2D eigenvalue weighted by Crippen LogP contribution is -2.45. The highest BCUT2D eigenvalue weighted by atomic mass is 127. The summed E-state index contributed by atoms with van der Waals surface area (Å²) in [4.78, 5) is 19.7. The topological polar surface area (TPSA) is 56.1 Å². The first-order valence-corrected chi connectivity index (χ1v) is 10.5. The van der Waals surface area contributed by atoms with E-state index >= 15 is 0 Å². The molecule has 3 rings (SSSR count). The monoisotopic (exact) mass is 511 g/mol. The van der Waals surface area contributed by atoms with Crippen molar-refractivity contribution in [2.75, 3.05) is 19.3 Å². The van der Waals surface area contributed by atoms with Gasteiger partial charge in [-0.2, -0.15) is 13.2 Å². The summed E-state index contributed by atoms with van der Waals surface area (Å²) in [5.41, 5.74) is 1.44. The molecule has 0 aliphatic carbocycles. The quantitative estimate of drug-likeness (QED) is 0.599. The molecule has 2 heterocycles. The predicted octanol–water partition coefficient (Wildman–Crippen LogP) is 4.64. The van der Waals surface area contributed by atoms with Gasteiger partial charge in [-0.1, -0.05) is 12.1 Å². The van der Waals surface area contributed by atoms with Crippen LogP contribution in [0.4, 0.5) is 18.0 Å². The van der Waals surface area contributed by atoms with Gasteiger partial charge in [0.1, 0.15) is 3.72 Å². The standard InChI is InChI=1S/C17H17F3IN3O2S/c1-27-15-22-14(21)13-12(23(16(25)26)8-9-24(13)15)7-4-10-2-5-11(6-3-10)17(18,19)20/h2-3,5-6,15H,4,7-9H2,1H3,(H,25,26). The summed E-state index contributed by atoms with van der Waals surface area (Å²) in [6.07, 6.45) is -2.58. The molecular weight excluding hydrogens is 494 g/mol. The number of thioether (sulfide) groups is 1. The van der Waals surface area contributed by atoms with Gasteiger partial charge >= 0.3 is 12.3 Å². The molecule has 0 bridgehead atoms. The van der Waals surface area contributed by atoms with Crippen LogP contribution in [0.3, 0.4) is 0 Å². The smallest absolute Gasteiger partial charge is 0.416 e. The molecule has 1 aromatic carbocycles. The van der Waals surface area contributed by atoms with Crippen molar-refractivity contribution in [2.45, 2.75) is 24.5 Å². The lowest BCUT2D eigenvalue weighted by Gasteiger charge is -2.37. The highest BCUT2D eigenvalue weighted by Crippen LogP contribution is 2.37. The highest BCUT2D eigenvalue weighted by Gasteiger charge is 2.38. The Morgan fingerprint density at radius 1 is 1.30 bits per heavy atom. The van der Waals surface area contributed by atoms with Crippen LogP contribution in [0.5, 0.6) is 0 Å². The van der Waals surface area contributed by atoms with Crippen LogP contribution in [0.15, 0.2) is 40.7 Å². The number of hydrogen-bond acceptors (Lipinski definition) is 4. The summed E-state index contributed by atoms with van der Waals surface area (Å²) in [6, 6.07) is 5.00. The molecule has 0 fully saturated rings. The zero-order valence-electron chi connectivity index (χ0n) is 14.3. The summed E-state index contributed by atoms with van der Waals surface area (Å²) in [5, 5.41) is 9.56. The zero-order valence-corrected chi connectivity index (χ0v) is 17.3. The van der Waals surface area contributed by atoms with Gasteiger partial charge in [0.25, 0.3) is 0 Å². The minimum atomic E-state index is -4.36. The van der Waals surface area contributed by atoms with Crippen LogP contribution in [0.25, 0.3) is 0 Å².